The number of rotatable bonds is 9. The van der Waals surface area contributed by atoms with Gasteiger partial charge in [-0.1, -0.05) is 38.8 Å². The number of carbonyl (C=O) groups is 1. The molecule has 2 heterocycles. The molecule has 0 aromatic carbocycles. The summed E-state index contributed by atoms with van der Waals surface area (Å²) in [6, 6.07) is 1.05. The van der Waals surface area contributed by atoms with Crippen LogP contribution in [-0.2, 0) is 24.4 Å². The van der Waals surface area contributed by atoms with Crippen molar-refractivity contribution in [2.45, 2.75) is 71.8 Å². The van der Waals surface area contributed by atoms with Gasteiger partial charge in [0.15, 0.2) is 17.3 Å². The lowest BCUT2D eigenvalue weighted by Gasteiger charge is -2.31. The molecule has 224 valence electrons. The summed E-state index contributed by atoms with van der Waals surface area (Å²) < 4.78 is 87.6. The van der Waals surface area contributed by atoms with Crippen LogP contribution in [-0.4, -0.2) is 59.4 Å². The Bertz CT molecular complexity index is 1190. The number of alkyl halides is 5. The van der Waals surface area contributed by atoms with Crippen molar-refractivity contribution < 1.29 is 45.0 Å². The third-order valence-corrected chi connectivity index (χ3v) is 6.93. The monoisotopic (exact) mass is 616 g/mol. The van der Waals surface area contributed by atoms with Gasteiger partial charge in [0.1, 0.15) is 11.0 Å². The minimum Gasteiger partial charge on any atom is -0.431 e. The first kappa shape index (κ1) is 33.6. The molecule has 1 amide bonds. The van der Waals surface area contributed by atoms with Gasteiger partial charge in [-0.2, -0.15) is 30.4 Å². The molecule has 9 nitrogen and oxygen atoms in total. The molecular weight excluding hydrogens is 587 g/mol. The van der Waals surface area contributed by atoms with Crippen molar-refractivity contribution in [1.82, 2.24) is 19.9 Å². The van der Waals surface area contributed by atoms with Crippen LogP contribution in [0.3, 0.4) is 0 Å². The maximum Gasteiger partial charge on any atom is 0.391 e. The summed E-state index contributed by atoms with van der Waals surface area (Å²) in [6.07, 6.45) is -1.82. The number of hydrogen-bond donors (Lipinski definition) is 2. The number of ether oxygens (including phenoxy) is 1. The highest BCUT2D eigenvalue weighted by atomic mass is 35.5. The number of nitrogens with one attached hydrogen (secondary N) is 1. The van der Waals surface area contributed by atoms with E-state index in [1.165, 1.54) is 4.57 Å². The van der Waals surface area contributed by atoms with Crippen molar-refractivity contribution in [3.05, 3.63) is 34.5 Å². The maximum atomic E-state index is 13.2. The molecule has 3 rings (SSSR count). The highest BCUT2D eigenvalue weighted by molar-refractivity contribution is 7.51. The number of aliphatic hydroxyl groups is 1. The summed E-state index contributed by atoms with van der Waals surface area (Å²) in [7, 11) is 0. The molecule has 2 aromatic rings. The minimum absolute atomic E-state index is 0.0387. The molecule has 2 aromatic heterocycles. The third kappa shape index (κ3) is 8.93. The standard InChI is InChI=1S/C24H30ClF5N4O3.O2S/c1-4-18-33-19(22(36)32-11-15-6-5-12(2)7-16(15)35)20(25)34(18)21-17(37-23(26)27)9-14(10-31-21)8-13(3)24(28,29)30;1-3-2/h9-10,12-13,15-16,23,35H,4-8,11H2,1-3H3,(H,32,36);/t12-,13?,15+,16-;/m1./s1. The molecule has 1 aliphatic carbocycles. The van der Waals surface area contributed by atoms with Gasteiger partial charge in [0.05, 0.1) is 12.0 Å². The normalized spacial score (nSPS) is 19.9. The van der Waals surface area contributed by atoms with Crippen molar-refractivity contribution in [2.75, 3.05) is 6.54 Å². The van der Waals surface area contributed by atoms with E-state index in [4.69, 9.17) is 20.0 Å². The lowest BCUT2D eigenvalue weighted by molar-refractivity contribution is -0.169. The van der Waals surface area contributed by atoms with E-state index in [0.717, 1.165) is 32.0 Å². The first-order chi connectivity index (χ1) is 18.7. The second kappa shape index (κ2) is 14.8. The molecular formula is C24H30ClF5N4O5S. The molecule has 16 heteroatoms. The summed E-state index contributed by atoms with van der Waals surface area (Å²) in [5, 5.41) is 12.8. The number of amides is 1. The van der Waals surface area contributed by atoms with Gasteiger partial charge in [0.25, 0.3) is 5.91 Å². The van der Waals surface area contributed by atoms with E-state index in [1.807, 2.05) is 0 Å². The van der Waals surface area contributed by atoms with E-state index in [9.17, 15) is 31.9 Å². The zero-order valence-corrected chi connectivity index (χ0v) is 23.5. The summed E-state index contributed by atoms with van der Waals surface area (Å²) in [5.41, 5.74) is -0.131. The Hall–Kier alpha value is -2.65. The second-order valence-corrected chi connectivity index (χ2v) is 10.1. The fourth-order valence-electron chi connectivity index (χ4n) is 4.41. The van der Waals surface area contributed by atoms with Crippen LogP contribution in [0.2, 0.25) is 5.15 Å². The number of pyridine rings is 1. The molecule has 4 atom stereocenters. The van der Waals surface area contributed by atoms with E-state index in [0.29, 0.717) is 12.3 Å². The minimum atomic E-state index is -4.47. The molecule has 0 radical (unpaired) electrons. The molecule has 2 N–H and O–H groups in total. The Kier molecular flexibility index (Phi) is 12.4. The van der Waals surface area contributed by atoms with Gasteiger partial charge in [0.2, 0.25) is 0 Å². The van der Waals surface area contributed by atoms with Gasteiger partial charge in [-0.15, -0.1) is 0 Å². The van der Waals surface area contributed by atoms with Gasteiger partial charge in [-0.05, 0) is 36.8 Å². The van der Waals surface area contributed by atoms with Crippen molar-refractivity contribution in [2.24, 2.45) is 17.8 Å². The van der Waals surface area contributed by atoms with Crippen LogP contribution in [0, 0.1) is 17.8 Å². The molecule has 1 aliphatic rings. The Balaban J connectivity index is 0.00000178. The van der Waals surface area contributed by atoms with Crippen molar-refractivity contribution in [1.29, 1.82) is 0 Å². The van der Waals surface area contributed by atoms with Crippen LogP contribution >= 0.6 is 11.6 Å². The SMILES string of the molecule is CCc1nc(C(=O)NC[C@@H]2CC[C@@H](C)C[C@H]2O)c(Cl)n1-c1ncc(CC(C)C(F)(F)F)cc1OC(F)F.O=S=O. The Morgan fingerprint density at radius 3 is 2.52 bits per heavy atom. The van der Waals surface area contributed by atoms with Crippen LogP contribution in [0.5, 0.6) is 5.75 Å². The molecule has 0 aliphatic heterocycles. The number of nitrogens with zero attached hydrogens (tertiary/aromatic N) is 3. The van der Waals surface area contributed by atoms with Crippen LogP contribution in [0.4, 0.5) is 22.0 Å². The largest absolute Gasteiger partial charge is 0.431 e. The van der Waals surface area contributed by atoms with Crippen molar-refractivity contribution in [3.8, 4) is 11.6 Å². The molecule has 0 bridgehead atoms. The quantitative estimate of drug-likeness (QED) is 0.392. The lowest BCUT2D eigenvalue weighted by Crippen LogP contribution is -2.38. The molecule has 0 saturated heterocycles. The zero-order valence-electron chi connectivity index (χ0n) is 21.9. The van der Waals surface area contributed by atoms with Crippen LogP contribution in [0.15, 0.2) is 12.3 Å². The van der Waals surface area contributed by atoms with Gasteiger partial charge in [-0.3, -0.25) is 9.36 Å². The number of carbonyl (C=O) groups excluding carboxylic acids is 1. The Labute approximate surface area is 236 Å². The van der Waals surface area contributed by atoms with Crippen LogP contribution in [0.1, 0.15) is 61.9 Å². The Morgan fingerprint density at radius 1 is 1.32 bits per heavy atom. The van der Waals surface area contributed by atoms with Crippen molar-refractivity contribution >= 4 is 29.1 Å². The zero-order chi connectivity index (χ0) is 30.2. The molecule has 1 fully saturated rings. The average Bonchev–Trinajstić information content (AvgIpc) is 3.19. The topological polar surface area (TPSA) is 123 Å². The number of aromatic nitrogens is 3. The predicted molar refractivity (Wildman–Crippen MR) is 135 cm³/mol. The van der Waals surface area contributed by atoms with E-state index in [1.54, 1.807) is 6.92 Å². The fraction of sp³-hybridized carbons (Fsp3) is 0.625. The number of hydrogen-bond acceptors (Lipinski definition) is 7. The van der Waals surface area contributed by atoms with Gasteiger partial charge in [0, 0.05) is 25.1 Å². The van der Waals surface area contributed by atoms with Gasteiger partial charge >= 0.3 is 24.4 Å². The van der Waals surface area contributed by atoms with E-state index in [-0.39, 0.29) is 46.9 Å². The summed E-state index contributed by atoms with van der Waals surface area (Å²) >= 11 is 5.71. The second-order valence-electron chi connectivity index (χ2n) is 9.57. The van der Waals surface area contributed by atoms with Crippen LogP contribution in [0.25, 0.3) is 5.82 Å². The van der Waals surface area contributed by atoms with Crippen LogP contribution < -0.4 is 10.1 Å². The van der Waals surface area contributed by atoms with E-state index >= 15 is 0 Å². The summed E-state index contributed by atoms with van der Waals surface area (Å²) in [6.45, 7) is 1.66. The lowest BCUT2D eigenvalue weighted by atomic mass is 9.81. The summed E-state index contributed by atoms with van der Waals surface area (Å²) in [5.74, 6) is -2.58. The third-order valence-electron chi connectivity index (χ3n) is 6.58. The molecule has 1 saturated carbocycles. The first-order valence-corrected chi connectivity index (χ1v) is 13.4. The van der Waals surface area contributed by atoms with Gasteiger partial charge < -0.3 is 15.2 Å². The molecule has 1 unspecified atom stereocenters. The number of imidazole rings is 1. The molecule has 40 heavy (non-hydrogen) atoms. The maximum absolute atomic E-state index is 13.2. The fourth-order valence-corrected chi connectivity index (χ4v) is 4.72. The average molecular weight is 617 g/mol. The first-order valence-electron chi connectivity index (χ1n) is 12.4. The highest BCUT2D eigenvalue weighted by Gasteiger charge is 2.36. The van der Waals surface area contributed by atoms with Gasteiger partial charge in [-0.25, -0.2) is 9.97 Å². The smallest absolute Gasteiger partial charge is 0.391 e. The molecule has 0 spiro atoms. The Morgan fingerprint density at radius 2 is 1.98 bits per heavy atom. The summed E-state index contributed by atoms with van der Waals surface area (Å²) in [4.78, 5) is 21.2. The van der Waals surface area contributed by atoms with Crippen molar-refractivity contribution in [3.63, 3.8) is 0 Å². The predicted octanol–water partition coefficient (Wildman–Crippen LogP) is 4.68. The number of halogens is 6. The highest BCUT2D eigenvalue weighted by Crippen LogP contribution is 2.34. The van der Waals surface area contributed by atoms with E-state index in [2.05, 4.69) is 26.9 Å². The number of aliphatic hydroxyl groups excluding tert-OH is 1. The van der Waals surface area contributed by atoms with E-state index < -0.39 is 54.5 Å². The number of aryl methyl sites for hydroxylation is 1.